The van der Waals surface area contributed by atoms with Crippen LogP contribution in [0, 0.1) is 0 Å². The number of alkyl carbamates (subject to hydrolysis) is 1. The number of rotatable bonds is 3. The number of nitrogens with zero attached hydrogens (tertiary/aromatic N) is 2. The lowest BCUT2D eigenvalue weighted by Crippen LogP contribution is -2.46. The molecule has 0 aromatic heterocycles. The number of carbonyl (C=O) groups excluding carboxylic acids is 2. The maximum Gasteiger partial charge on any atom is 0.407 e. The van der Waals surface area contributed by atoms with Gasteiger partial charge in [0, 0.05) is 26.7 Å². The third-order valence-electron chi connectivity index (χ3n) is 3.33. The fraction of sp³-hybridized carbons (Fsp3) is 0.867. The number of hydrogen-bond donors (Lipinski definition) is 1. The lowest BCUT2D eigenvalue weighted by molar-refractivity contribution is -0.129. The average Bonchev–Trinajstić information content (AvgIpc) is 2.51. The van der Waals surface area contributed by atoms with E-state index in [2.05, 4.69) is 10.2 Å². The molecule has 6 nitrogen and oxygen atoms in total. The summed E-state index contributed by atoms with van der Waals surface area (Å²) in [6.45, 7) is 7.54. The number of nitrogens with one attached hydrogen (secondary N) is 1. The normalized spacial score (nSPS) is 20.5. The van der Waals surface area contributed by atoms with E-state index in [9.17, 15) is 9.59 Å². The van der Waals surface area contributed by atoms with Gasteiger partial charge in [-0.1, -0.05) is 6.42 Å². The van der Waals surface area contributed by atoms with E-state index in [0.717, 1.165) is 25.8 Å². The van der Waals surface area contributed by atoms with Crippen LogP contribution in [0.1, 0.15) is 40.0 Å². The highest BCUT2D eigenvalue weighted by atomic mass is 16.6. The molecule has 1 saturated heterocycles. The minimum absolute atomic E-state index is 0.0392. The summed E-state index contributed by atoms with van der Waals surface area (Å²) in [4.78, 5) is 27.4. The summed E-state index contributed by atoms with van der Waals surface area (Å²) < 4.78 is 5.29. The fourth-order valence-corrected chi connectivity index (χ4v) is 2.29. The van der Waals surface area contributed by atoms with Gasteiger partial charge >= 0.3 is 6.09 Å². The molecule has 0 bridgehead atoms. The molecule has 0 unspecified atom stereocenters. The van der Waals surface area contributed by atoms with Crippen molar-refractivity contribution in [3.63, 3.8) is 0 Å². The molecule has 0 aliphatic carbocycles. The molecule has 1 aliphatic heterocycles. The molecule has 0 radical (unpaired) electrons. The Balaban J connectivity index is 2.50. The van der Waals surface area contributed by atoms with Gasteiger partial charge < -0.3 is 15.0 Å². The van der Waals surface area contributed by atoms with Crippen molar-refractivity contribution in [2.24, 2.45) is 0 Å². The summed E-state index contributed by atoms with van der Waals surface area (Å²) >= 11 is 0. The molecule has 0 saturated carbocycles. The summed E-state index contributed by atoms with van der Waals surface area (Å²) in [6, 6.07) is 0.0392. The molecular weight excluding hydrogens is 270 g/mol. The quantitative estimate of drug-likeness (QED) is 0.857. The van der Waals surface area contributed by atoms with Crippen LogP contribution in [0.4, 0.5) is 4.79 Å². The number of amides is 2. The minimum atomic E-state index is -0.491. The predicted molar refractivity (Wildman–Crippen MR) is 82.1 cm³/mol. The van der Waals surface area contributed by atoms with Gasteiger partial charge in [-0.3, -0.25) is 9.69 Å². The number of carbonyl (C=O) groups is 2. The monoisotopic (exact) mass is 299 g/mol. The van der Waals surface area contributed by atoms with Crippen molar-refractivity contribution in [3.8, 4) is 0 Å². The lowest BCUT2D eigenvalue weighted by Gasteiger charge is -2.27. The Morgan fingerprint density at radius 3 is 2.52 bits per heavy atom. The topological polar surface area (TPSA) is 61.9 Å². The summed E-state index contributed by atoms with van der Waals surface area (Å²) in [5.41, 5.74) is -0.491. The average molecular weight is 299 g/mol. The Bertz CT molecular complexity index is 364. The first kappa shape index (κ1) is 17.8. The van der Waals surface area contributed by atoms with Crippen LogP contribution < -0.4 is 5.32 Å². The van der Waals surface area contributed by atoms with Gasteiger partial charge in [0.25, 0.3) is 0 Å². The summed E-state index contributed by atoms with van der Waals surface area (Å²) in [6.07, 6.45) is 2.64. The second kappa shape index (κ2) is 7.64. The lowest BCUT2D eigenvalue weighted by atomic mass is 10.1. The molecule has 6 heteroatoms. The first-order valence-electron chi connectivity index (χ1n) is 7.59. The van der Waals surface area contributed by atoms with Crippen LogP contribution in [0.25, 0.3) is 0 Å². The highest BCUT2D eigenvalue weighted by Gasteiger charge is 2.24. The van der Waals surface area contributed by atoms with Crippen molar-refractivity contribution in [2.45, 2.75) is 51.7 Å². The van der Waals surface area contributed by atoms with Crippen LogP contribution in [0.15, 0.2) is 0 Å². The van der Waals surface area contributed by atoms with E-state index in [1.807, 2.05) is 20.8 Å². The first-order chi connectivity index (χ1) is 9.67. The third-order valence-corrected chi connectivity index (χ3v) is 3.33. The summed E-state index contributed by atoms with van der Waals surface area (Å²) in [7, 11) is 3.52. The van der Waals surface area contributed by atoms with Gasteiger partial charge in [-0.15, -0.1) is 0 Å². The minimum Gasteiger partial charge on any atom is -0.444 e. The van der Waals surface area contributed by atoms with Crippen LogP contribution in [-0.4, -0.2) is 67.2 Å². The van der Waals surface area contributed by atoms with Gasteiger partial charge in [0.1, 0.15) is 5.60 Å². The fourth-order valence-electron chi connectivity index (χ4n) is 2.29. The van der Waals surface area contributed by atoms with E-state index in [-0.39, 0.29) is 18.0 Å². The van der Waals surface area contributed by atoms with Crippen molar-refractivity contribution < 1.29 is 14.3 Å². The van der Waals surface area contributed by atoms with Gasteiger partial charge in [0.15, 0.2) is 0 Å². The van der Waals surface area contributed by atoms with Gasteiger partial charge in [0.05, 0.1) is 6.54 Å². The van der Waals surface area contributed by atoms with E-state index < -0.39 is 5.60 Å². The molecule has 1 fully saturated rings. The Labute approximate surface area is 127 Å². The van der Waals surface area contributed by atoms with Crippen LogP contribution in [-0.2, 0) is 9.53 Å². The van der Waals surface area contributed by atoms with Crippen molar-refractivity contribution in [2.75, 3.05) is 33.7 Å². The molecule has 0 spiro atoms. The van der Waals surface area contributed by atoms with Crippen molar-refractivity contribution in [1.29, 1.82) is 0 Å². The second-order valence-electron chi connectivity index (χ2n) is 6.86. The summed E-state index contributed by atoms with van der Waals surface area (Å²) in [5, 5.41) is 2.92. The molecule has 2 amide bonds. The molecule has 0 aromatic carbocycles. The zero-order valence-electron chi connectivity index (χ0n) is 13.9. The third kappa shape index (κ3) is 7.32. The highest BCUT2D eigenvalue weighted by molar-refractivity contribution is 5.77. The SMILES string of the molecule is CN(C)C(=O)CN1CCCC[C@H](NC(=O)OC(C)(C)C)C1. The van der Waals surface area contributed by atoms with Gasteiger partial charge in [0.2, 0.25) is 5.91 Å². The van der Waals surface area contributed by atoms with E-state index in [1.165, 1.54) is 0 Å². The van der Waals surface area contributed by atoms with E-state index in [4.69, 9.17) is 4.74 Å². The van der Waals surface area contributed by atoms with Crippen LogP contribution >= 0.6 is 0 Å². The van der Waals surface area contributed by atoms with Crippen LogP contribution in [0.5, 0.6) is 0 Å². The Hall–Kier alpha value is -1.30. The zero-order valence-corrected chi connectivity index (χ0v) is 13.9. The highest BCUT2D eigenvalue weighted by Crippen LogP contribution is 2.12. The Morgan fingerprint density at radius 1 is 1.29 bits per heavy atom. The second-order valence-corrected chi connectivity index (χ2v) is 6.86. The van der Waals surface area contributed by atoms with Gasteiger partial charge in [-0.05, 0) is 40.2 Å². The molecule has 1 atom stereocenters. The van der Waals surface area contributed by atoms with Crippen molar-refractivity contribution >= 4 is 12.0 Å². The van der Waals surface area contributed by atoms with E-state index >= 15 is 0 Å². The molecule has 1 heterocycles. The molecule has 1 aliphatic rings. The van der Waals surface area contributed by atoms with Gasteiger partial charge in [-0.2, -0.15) is 0 Å². The number of likely N-dealkylation sites (tertiary alicyclic amines) is 1. The van der Waals surface area contributed by atoms with E-state index in [1.54, 1.807) is 19.0 Å². The maximum absolute atomic E-state index is 11.8. The molecule has 1 N–H and O–H groups in total. The molecule has 1 rings (SSSR count). The molecule has 122 valence electrons. The first-order valence-corrected chi connectivity index (χ1v) is 7.59. The van der Waals surface area contributed by atoms with Crippen molar-refractivity contribution in [1.82, 2.24) is 15.1 Å². The van der Waals surface area contributed by atoms with Crippen molar-refractivity contribution in [3.05, 3.63) is 0 Å². The molecular formula is C15H29N3O3. The number of ether oxygens (including phenoxy) is 1. The molecule has 0 aromatic rings. The Morgan fingerprint density at radius 2 is 1.95 bits per heavy atom. The standard InChI is InChI=1S/C15H29N3O3/c1-15(2,3)21-14(20)16-12-8-6-7-9-18(10-12)11-13(19)17(4)5/h12H,6-11H2,1-5H3,(H,16,20)/t12-/m0/s1. The molecule has 21 heavy (non-hydrogen) atoms. The van der Waals surface area contributed by atoms with E-state index in [0.29, 0.717) is 13.1 Å². The maximum atomic E-state index is 11.8. The predicted octanol–water partition coefficient (Wildman–Crippen LogP) is 1.45. The number of likely N-dealkylation sites (N-methyl/N-ethyl adjacent to an activating group) is 1. The van der Waals surface area contributed by atoms with Crippen LogP contribution in [0.3, 0.4) is 0 Å². The largest absolute Gasteiger partial charge is 0.444 e. The van der Waals surface area contributed by atoms with Crippen LogP contribution in [0.2, 0.25) is 0 Å². The summed E-state index contributed by atoms with van der Waals surface area (Å²) in [5.74, 6) is 0.0907. The smallest absolute Gasteiger partial charge is 0.407 e. The van der Waals surface area contributed by atoms with Gasteiger partial charge in [-0.25, -0.2) is 4.79 Å². The Kier molecular flexibility index (Phi) is 6.45. The number of hydrogen-bond acceptors (Lipinski definition) is 4. The zero-order chi connectivity index (χ0) is 16.0.